The number of ether oxygens (including phenoxy) is 2. The zero-order valence-corrected chi connectivity index (χ0v) is 9.95. The van der Waals surface area contributed by atoms with E-state index in [2.05, 4.69) is 22.6 Å². The number of halogens is 1. The van der Waals surface area contributed by atoms with Gasteiger partial charge in [-0.05, 0) is 60.7 Å². The van der Waals surface area contributed by atoms with Gasteiger partial charge in [-0.25, -0.2) is 0 Å². The molecule has 13 heavy (non-hydrogen) atoms. The van der Waals surface area contributed by atoms with Gasteiger partial charge in [-0.3, -0.25) is 0 Å². The third-order valence-electron chi connectivity index (χ3n) is 1.52. The number of hydrogen-bond acceptors (Lipinski definition) is 2. The molecule has 1 unspecified atom stereocenters. The molecule has 0 spiro atoms. The lowest BCUT2D eigenvalue weighted by Crippen LogP contribution is -2.15. The standard InChI is InChI=1S/C10H13IO2/c1-3-12-8(2)13-10-6-4-9(11)5-7-10/h4-8H,3H2,1-2H3. The maximum Gasteiger partial charge on any atom is 0.196 e. The van der Waals surface area contributed by atoms with E-state index in [9.17, 15) is 0 Å². The lowest BCUT2D eigenvalue weighted by Gasteiger charge is -2.13. The molecule has 72 valence electrons. The van der Waals surface area contributed by atoms with Gasteiger partial charge in [0.25, 0.3) is 0 Å². The molecule has 0 aliphatic heterocycles. The van der Waals surface area contributed by atoms with Gasteiger partial charge in [0.05, 0.1) is 0 Å². The molecule has 0 bridgehead atoms. The fourth-order valence-corrected chi connectivity index (χ4v) is 1.33. The normalized spacial score (nSPS) is 12.5. The van der Waals surface area contributed by atoms with Crippen LogP contribution in [0, 0.1) is 3.57 Å². The molecule has 0 fully saturated rings. The first-order valence-corrected chi connectivity index (χ1v) is 5.34. The molecular formula is C10H13IO2. The highest BCUT2D eigenvalue weighted by atomic mass is 127. The Labute approximate surface area is 92.4 Å². The fourth-order valence-electron chi connectivity index (χ4n) is 0.974. The summed E-state index contributed by atoms with van der Waals surface area (Å²) < 4.78 is 11.9. The van der Waals surface area contributed by atoms with E-state index in [0.29, 0.717) is 6.61 Å². The summed E-state index contributed by atoms with van der Waals surface area (Å²) in [6.45, 7) is 4.51. The molecule has 0 radical (unpaired) electrons. The van der Waals surface area contributed by atoms with Crippen LogP contribution in [0.25, 0.3) is 0 Å². The van der Waals surface area contributed by atoms with Crippen LogP contribution in [0.2, 0.25) is 0 Å². The van der Waals surface area contributed by atoms with Crippen molar-refractivity contribution in [3.8, 4) is 5.75 Å². The van der Waals surface area contributed by atoms with Crippen LogP contribution in [-0.2, 0) is 4.74 Å². The van der Waals surface area contributed by atoms with E-state index in [0.717, 1.165) is 5.75 Å². The summed E-state index contributed by atoms with van der Waals surface area (Å²) in [4.78, 5) is 0. The Hall–Kier alpha value is -0.290. The van der Waals surface area contributed by atoms with Crippen molar-refractivity contribution < 1.29 is 9.47 Å². The molecule has 1 rings (SSSR count). The first-order valence-electron chi connectivity index (χ1n) is 4.26. The number of rotatable bonds is 4. The lowest BCUT2D eigenvalue weighted by molar-refractivity contribution is -0.0613. The van der Waals surface area contributed by atoms with E-state index < -0.39 is 0 Å². The zero-order chi connectivity index (χ0) is 9.68. The number of hydrogen-bond donors (Lipinski definition) is 0. The predicted octanol–water partition coefficient (Wildman–Crippen LogP) is 3.05. The van der Waals surface area contributed by atoms with E-state index in [1.807, 2.05) is 38.1 Å². The molecule has 0 saturated heterocycles. The topological polar surface area (TPSA) is 18.5 Å². The second-order valence-electron chi connectivity index (χ2n) is 2.59. The van der Waals surface area contributed by atoms with Gasteiger partial charge in [0, 0.05) is 10.2 Å². The third kappa shape index (κ3) is 3.95. The summed E-state index contributed by atoms with van der Waals surface area (Å²) in [5.41, 5.74) is 0. The van der Waals surface area contributed by atoms with Crippen LogP contribution in [0.3, 0.4) is 0 Å². The molecule has 0 N–H and O–H groups in total. The quantitative estimate of drug-likeness (QED) is 0.627. The van der Waals surface area contributed by atoms with Gasteiger partial charge < -0.3 is 9.47 Å². The number of benzene rings is 1. The summed E-state index contributed by atoms with van der Waals surface area (Å²) in [6, 6.07) is 7.90. The van der Waals surface area contributed by atoms with Crippen LogP contribution in [0.15, 0.2) is 24.3 Å². The highest BCUT2D eigenvalue weighted by Gasteiger charge is 2.01. The van der Waals surface area contributed by atoms with Crippen molar-refractivity contribution >= 4 is 22.6 Å². The molecule has 1 aromatic rings. The van der Waals surface area contributed by atoms with Crippen molar-refractivity contribution in [3.05, 3.63) is 27.8 Å². The van der Waals surface area contributed by atoms with Crippen LogP contribution in [0.1, 0.15) is 13.8 Å². The smallest absolute Gasteiger partial charge is 0.196 e. The van der Waals surface area contributed by atoms with E-state index in [4.69, 9.17) is 9.47 Å². The van der Waals surface area contributed by atoms with Gasteiger partial charge in [-0.15, -0.1) is 0 Å². The molecule has 0 aliphatic rings. The predicted molar refractivity (Wildman–Crippen MR) is 60.9 cm³/mol. The lowest BCUT2D eigenvalue weighted by atomic mass is 10.3. The van der Waals surface area contributed by atoms with Crippen LogP contribution >= 0.6 is 22.6 Å². The Balaban J connectivity index is 2.49. The molecule has 0 saturated carbocycles. The highest BCUT2D eigenvalue weighted by Crippen LogP contribution is 2.15. The van der Waals surface area contributed by atoms with Crippen molar-refractivity contribution in [1.82, 2.24) is 0 Å². The molecule has 0 heterocycles. The Morgan fingerprint density at radius 1 is 1.31 bits per heavy atom. The average molecular weight is 292 g/mol. The van der Waals surface area contributed by atoms with Crippen molar-refractivity contribution in [1.29, 1.82) is 0 Å². The molecule has 1 atom stereocenters. The maximum absolute atomic E-state index is 5.48. The minimum atomic E-state index is -0.176. The van der Waals surface area contributed by atoms with Crippen LogP contribution < -0.4 is 4.74 Å². The summed E-state index contributed by atoms with van der Waals surface area (Å²) in [6.07, 6.45) is -0.176. The Morgan fingerprint density at radius 2 is 1.92 bits per heavy atom. The second-order valence-corrected chi connectivity index (χ2v) is 3.84. The van der Waals surface area contributed by atoms with Crippen molar-refractivity contribution in [2.24, 2.45) is 0 Å². The molecule has 0 aliphatic carbocycles. The molecule has 1 aromatic carbocycles. The molecule has 0 amide bonds. The second kappa shape index (κ2) is 5.44. The van der Waals surface area contributed by atoms with Crippen LogP contribution in [0.4, 0.5) is 0 Å². The van der Waals surface area contributed by atoms with Crippen LogP contribution in [0.5, 0.6) is 5.75 Å². The molecule has 2 nitrogen and oxygen atoms in total. The first kappa shape index (κ1) is 10.8. The first-order chi connectivity index (χ1) is 6.22. The van der Waals surface area contributed by atoms with Gasteiger partial charge in [0.15, 0.2) is 6.29 Å². The largest absolute Gasteiger partial charge is 0.465 e. The van der Waals surface area contributed by atoms with Crippen molar-refractivity contribution in [2.45, 2.75) is 20.1 Å². The minimum Gasteiger partial charge on any atom is -0.465 e. The van der Waals surface area contributed by atoms with Crippen molar-refractivity contribution in [3.63, 3.8) is 0 Å². The summed E-state index contributed by atoms with van der Waals surface area (Å²) in [7, 11) is 0. The molecule has 0 aromatic heterocycles. The molecule has 3 heteroatoms. The van der Waals surface area contributed by atoms with E-state index in [1.165, 1.54) is 3.57 Å². The van der Waals surface area contributed by atoms with Gasteiger partial charge >= 0.3 is 0 Å². The summed E-state index contributed by atoms with van der Waals surface area (Å²) in [5, 5.41) is 0. The SMILES string of the molecule is CCOC(C)Oc1ccc(I)cc1. The molecular weight excluding hydrogens is 279 g/mol. The summed E-state index contributed by atoms with van der Waals surface area (Å²) in [5.74, 6) is 0.848. The monoisotopic (exact) mass is 292 g/mol. The van der Waals surface area contributed by atoms with Gasteiger partial charge in [0.1, 0.15) is 5.75 Å². The van der Waals surface area contributed by atoms with E-state index >= 15 is 0 Å². The Morgan fingerprint density at radius 3 is 2.46 bits per heavy atom. The Bertz CT molecular complexity index is 246. The summed E-state index contributed by atoms with van der Waals surface area (Å²) >= 11 is 2.26. The van der Waals surface area contributed by atoms with Gasteiger partial charge in [0.2, 0.25) is 0 Å². The third-order valence-corrected chi connectivity index (χ3v) is 2.24. The minimum absolute atomic E-state index is 0.176. The zero-order valence-electron chi connectivity index (χ0n) is 7.79. The van der Waals surface area contributed by atoms with E-state index in [1.54, 1.807) is 0 Å². The van der Waals surface area contributed by atoms with Crippen LogP contribution in [-0.4, -0.2) is 12.9 Å². The Kier molecular flexibility index (Phi) is 4.52. The fraction of sp³-hybridized carbons (Fsp3) is 0.400. The van der Waals surface area contributed by atoms with E-state index in [-0.39, 0.29) is 6.29 Å². The van der Waals surface area contributed by atoms with Gasteiger partial charge in [-0.2, -0.15) is 0 Å². The van der Waals surface area contributed by atoms with Crippen molar-refractivity contribution in [2.75, 3.05) is 6.61 Å². The highest BCUT2D eigenvalue weighted by molar-refractivity contribution is 14.1. The van der Waals surface area contributed by atoms with Gasteiger partial charge in [-0.1, -0.05) is 0 Å². The maximum atomic E-state index is 5.48. The average Bonchev–Trinajstić information content (AvgIpc) is 2.09.